The summed E-state index contributed by atoms with van der Waals surface area (Å²) in [5.74, 6) is 0.831. The maximum Gasteiger partial charge on any atom is 0.211 e. The number of nitrogens with zero attached hydrogens (tertiary/aromatic N) is 3. The van der Waals surface area contributed by atoms with Crippen LogP contribution in [0.25, 0.3) is 22.1 Å². The van der Waals surface area contributed by atoms with Crippen LogP contribution in [0.3, 0.4) is 0 Å². The molecule has 0 amide bonds. The molecule has 0 aliphatic rings. The van der Waals surface area contributed by atoms with E-state index in [2.05, 4.69) is 76.9 Å². The fourth-order valence-electron chi connectivity index (χ4n) is 2.35. The third-order valence-corrected chi connectivity index (χ3v) is 5.90. The van der Waals surface area contributed by atoms with Gasteiger partial charge in [0.05, 0.1) is 5.52 Å². The fraction of sp³-hybridized carbons (Fsp3) is 0.0625. The zero-order valence-corrected chi connectivity index (χ0v) is 16.3. The van der Waals surface area contributed by atoms with Crippen molar-refractivity contribution in [2.24, 2.45) is 0 Å². The summed E-state index contributed by atoms with van der Waals surface area (Å²) in [5, 5.41) is 10.3. The summed E-state index contributed by atoms with van der Waals surface area (Å²) in [5.41, 5.74) is 3.88. The van der Waals surface area contributed by atoms with Crippen molar-refractivity contribution < 1.29 is 0 Å². The molecule has 0 atom stereocenters. The predicted molar refractivity (Wildman–Crippen MR) is 106 cm³/mol. The third kappa shape index (κ3) is 3.09. The molecule has 0 fully saturated rings. The third-order valence-electron chi connectivity index (χ3n) is 3.47. The van der Waals surface area contributed by atoms with Crippen molar-refractivity contribution in [2.75, 3.05) is 0 Å². The SMILES string of the molecule is Brc1ccc2c(c1)[nH]c1nc(SCc3ccccc3I)nnc12. The van der Waals surface area contributed by atoms with Gasteiger partial charge in [0.25, 0.3) is 0 Å². The van der Waals surface area contributed by atoms with E-state index in [0.29, 0.717) is 5.16 Å². The first kappa shape index (κ1) is 15.3. The number of nitrogens with one attached hydrogen (secondary N) is 1. The molecule has 4 aromatic rings. The van der Waals surface area contributed by atoms with E-state index in [4.69, 9.17) is 0 Å². The Balaban J connectivity index is 1.66. The lowest BCUT2D eigenvalue weighted by Gasteiger charge is -2.02. The van der Waals surface area contributed by atoms with E-state index in [1.54, 1.807) is 11.8 Å². The predicted octanol–water partition coefficient (Wildman–Crippen LogP) is 5.17. The highest BCUT2D eigenvalue weighted by molar-refractivity contribution is 14.1. The Morgan fingerprint density at radius 2 is 2.00 bits per heavy atom. The Kier molecular flexibility index (Phi) is 4.25. The van der Waals surface area contributed by atoms with Gasteiger partial charge in [-0.25, -0.2) is 4.98 Å². The molecule has 2 aromatic heterocycles. The minimum Gasteiger partial charge on any atom is -0.338 e. The standard InChI is InChI=1S/C16H10BrIN4S/c17-10-5-6-11-13(7-10)19-15-14(11)21-22-16(20-15)23-8-9-3-1-2-4-12(9)18/h1-7H,8H2,(H,19,20,22). The molecule has 0 bridgehead atoms. The summed E-state index contributed by atoms with van der Waals surface area (Å²) >= 11 is 7.43. The topological polar surface area (TPSA) is 54.5 Å². The number of thioether (sulfide) groups is 1. The van der Waals surface area contributed by atoms with Crippen LogP contribution in [0.2, 0.25) is 0 Å². The molecule has 0 aliphatic heterocycles. The highest BCUT2D eigenvalue weighted by Gasteiger charge is 2.10. The largest absolute Gasteiger partial charge is 0.338 e. The number of rotatable bonds is 3. The average Bonchev–Trinajstić information content (AvgIpc) is 2.90. The average molecular weight is 497 g/mol. The molecule has 2 aromatic carbocycles. The number of H-pyrrole nitrogens is 1. The number of fused-ring (bicyclic) bond motifs is 3. The minimum atomic E-state index is 0.683. The van der Waals surface area contributed by atoms with Crippen LogP contribution in [0.5, 0.6) is 0 Å². The molecule has 23 heavy (non-hydrogen) atoms. The van der Waals surface area contributed by atoms with Gasteiger partial charge < -0.3 is 4.98 Å². The van der Waals surface area contributed by atoms with Gasteiger partial charge in [-0.3, -0.25) is 0 Å². The van der Waals surface area contributed by atoms with Gasteiger partial charge in [-0.05, 0) is 52.4 Å². The second kappa shape index (κ2) is 6.37. The van der Waals surface area contributed by atoms with Crippen LogP contribution >= 0.6 is 50.3 Å². The van der Waals surface area contributed by atoms with Gasteiger partial charge in [-0.2, -0.15) is 0 Å². The lowest BCUT2D eigenvalue weighted by Crippen LogP contribution is -1.93. The molecule has 0 saturated heterocycles. The molecule has 0 saturated carbocycles. The Morgan fingerprint density at radius 1 is 1.13 bits per heavy atom. The zero-order valence-electron chi connectivity index (χ0n) is 11.8. The summed E-state index contributed by atoms with van der Waals surface area (Å²) < 4.78 is 2.28. The maximum absolute atomic E-state index is 4.60. The lowest BCUT2D eigenvalue weighted by molar-refractivity contribution is 0.878. The van der Waals surface area contributed by atoms with E-state index in [1.165, 1.54) is 9.13 Å². The first-order chi connectivity index (χ1) is 11.2. The van der Waals surface area contributed by atoms with Gasteiger partial charge in [-0.1, -0.05) is 45.9 Å². The number of hydrogen-bond donors (Lipinski definition) is 1. The molecule has 0 unspecified atom stereocenters. The molecule has 4 rings (SSSR count). The molecular formula is C16H10BrIN4S. The van der Waals surface area contributed by atoms with E-state index < -0.39 is 0 Å². The van der Waals surface area contributed by atoms with Gasteiger partial charge in [0.15, 0.2) is 5.65 Å². The zero-order chi connectivity index (χ0) is 15.8. The van der Waals surface area contributed by atoms with Gasteiger partial charge in [0.1, 0.15) is 5.52 Å². The Labute approximate surface area is 158 Å². The molecular weight excluding hydrogens is 487 g/mol. The van der Waals surface area contributed by atoms with Crippen molar-refractivity contribution >= 4 is 72.3 Å². The monoisotopic (exact) mass is 496 g/mol. The lowest BCUT2D eigenvalue weighted by atomic mass is 10.2. The van der Waals surface area contributed by atoms with Crippen LogP contribution in [0.1, 0.15) is 5.56 Å². The highest BCUT2D eigenvalue weighted by atomic mass is 127. The van der Waals surface area contributed by atoms with Gasteiger partial charge >= 0.3 is 0 Å². The fourth-order valence-corrected chi connectivity index (χ4v) is 4.34. The first-order valence-corrected chi connectivity index (χ1v) is 9.74. The molecule has 0 radical (unpaired) electrons. The summed E-state index contributed by atoms with van der Waals surface area (Å²) in [4.78, 5) is 7.91. The van der Waals surface area contributed by atoms with Crippen LogP contribution in [-0.2, 0) is 5.75 Å². The van der Waals surface area contributed by atoms with E-state index >= 15 is 0 Å². The van der Waals surface area contributed by atoms with Gasteiger partial charge in [0.2, 0.25) is 5.16 Å². The van der Waals surface area contributed by atoms with Crippen LogP contribution in [0.4, 0.5) is 0 Å². The van der Waals surface area contributed by atoms with Crippen LogP contribution in [0, 0.1) is 3.57 Å². The summed E-state index contributed by atoms with van der Waals surface area (Å²) in [6.07, 6.45) is 0. The van der Waals surface area contributed by atoms with Crippen molar-refractivity contribution in [3.63, 3.8) is 0 Å². The van der Waals surface area contributed by atoms with Crippen LogP contribution in [0.15, 0.2) is 52.1 Å². The summed E-state index contributed by atoms with van der Waals surface area (Å²) in [7, 11) is 0. The van der Waals surface area contributed by atoms with Crippen molar-refractivity contribution in [3.8, 4) is 0 Å². The van der Waals surface area contributed by atoms with Gasteiger partial charge in [0, 0.05) is 19.2 Å². The number of aromatic amines is 1. The van der Waals surface area contributed by atoms with E-state index in [0.717, 1.165) is 32.3 Å². The van der Waals surface area contributed by atoms with Crippen LogP contribution in [-0.4, -0.2) is 20.2 Å². The Morgan fingerprint density at radius 3 is 2.87 bits per heavy atom. The molecule has 0 spiro atoms. The summed E-state index contributed by atoms with van der Waals surface area (Å²) in [6.45, 7) is 0. The smallest absolute Gasteiger partial charge is 0.211 e. The first-order valence-electron chi connectivity index (χ1n) is 6.88. The normalized spacial score (nSPS) is 11.4. The quantitative estimate of drug-likeness (QED) is 0.314. The number of hydrogen-bond acceptors (Lipinski definition) is 4. The van der Waals surface area contributed by atoms with Crippen molar-refractivity contribution in [1.29, 1.82) is 0 Å². The number of aromatic nitrogens is 4. The van der Waals surface area contributed by atoms with Gasteiger partial charge in [-0.15, -0.1) is 10.2 Å². The molecule has 1 N–H and O–H groups in total. The highest BCUT2D eigenvalue weighted by Crippen LogP contribution is 2.27. The molecule has 0 aliphatic carbocycles. The number of benzene rings is 2. The van der Waals surface area contributed by atoms with E-state index in [9.17, 15) is 0 Å². The number of halogens is 2. The Bertz CT molecular complexity index is 1020. The Hall–Kier alpha value is -1.19. The molecule has 7 heteroatoms. The van der Waals surface area contributed by atoms with Crippen molar-refractivity contribution in [1.82, 2.24) is 20.2 Å². The van der Waals surface area contributed by atoms with E-state index in [-0.39, 0.29) is 0 Å². The van der Waals surface area contributed by atoms with Crippen molar-refractivity contribution in [2.45, 2.75) is 10.9 Å². The second-order valence-electron chi connectivity index (χ2n) is 4.99. The van der Waals surface area contributed by atoms with Crippen LogP contribution < -0.4 is 0 Å². The second-order valence-corrected chi connectivity index (χ2v) is 8.01. The molecule has 114 valence electrons. The molecule has 2 heterocycles. The molecule has 4 nitrogen and oxygen atoms in total. The van der Waals surface area contributed by atoms with E-state index in [1.807, 2.05) is 24.3 Å². The summed E-state index contributed by atoms with van der Waals surface area (Å²) in [6, 6.07) is 14.4. The van der Waals surface area contributed by atoms with Crippen molar-refractivity contribution in [3.05, 3.63) is 56.1 Å². The minimum absolute atomic E-state index is 0.683. The maximum atomic E-state index is 4.60.